The van der Waals surface area contributed by atoms with Crippen LogP contribution in [0.15, 0.2) is 18.2 Å². The standard InChI is InChI=1S/C15H25NO3/c1-4-12(7-8-17)16-10-14(18)13-9-11(2)5-6-15(13)19-3/h5-6,9,12,14,16-18H,4,7-8,10H2,1-3H3. The van der Waals surface area contributed by atoms with Crippen molar-refractivity contribution >= 4 is 0 Å². The number of aliphatic hydroxyl groups excluding tert-OH is 2. The molecule has 0 radical (unpaired) electrons. The predicted octanol–water partition coefficient (Wildman–Crippen LogP) is 1.79. The fourth-order valence-corrected chi connectivity index (χ4v) is 2.11. The molecule has 1 aromatic carbocycles. The van der Waals surface area contributed by atoms with Crippen molar-refractivity contribution in [2.45, 2.75) is 38.8 Å². The molecule has 1 rings (SSSR count). The Kier molecular flexibility index (Phi) is 6.84. The molecule has 0 aliphatic carbocycles. The highest BCUT2D eigenvalue weighted by molar-refractivity contribution is 5.38. The molecular weight excluding hydrogens is 242 g/mol. The summed E-state index contributed by atoms with van der Waals surface area (Å²) in [6.07, 6.45) is 1.02. The van der Waals surface area contributed by atoms with E-state index < -0.39 is 6.10 Å². The Morgan fingerprint density at radius 3 is 2.68 bits per heavy atom. The summed E-state index contributed by atoms with van der Waals surface area (Å²) in [5, 5.41) is 22.5. The molecule has 0 amide bonds. The van der Waals surface area contributed by atoms with Gasteiger partial charge in [0.2, 0.25) is 0 Å². The molecule has 0 aliphatic rings. The Bertz CT molecular complexity index is 382. The van der Waals surface area contributed by atoms with E-state index in [1.807, 2.05) is 25.1 Å². The van der Waals surface area contributed by atoms with Gasteiger partial charge in [-0.2, -0.15) is 0 Å². The van der Waals surface area contributed by atoms with Crippen LogP contribution in [0, 0.1) is 6.92 Å². The maximum absolute atomic E-state index is 10.3. The molecule has 0 bridgehead atoms. The Morgan fingerprint density at radius 2 is 2.11 bits per heavy atom. The van der Waals surface area contributed by atoms with Crippen molar-refractivity contribution in [2.75, 3.05) is 20.3 Å². The van der Waals surface area contributed by atoms with Crippen LogP contribution < -0.4 is 10.1 Å². The van der Waals surface area contributed by atoms with E-state index in [0.717, 1.165) is 17.5 Å². The first-order valence-corrected chi connectivity index (χ1v) is 6.79. The lowest BCUT2D eigenvalue weighted by Crippen LogP contribution is -2.33. The first kappa shape index (κ1) is 16.0. The Hall–Kier alpha value is -1.10. The average molecular weight is 267 g/mol. The molecule has 19 heavy (non-hydrogen) atoms. The van der Waals surface area contributed by atoms with Crippen LogP contribution in [-0.2, 0) is 0 Å². The molecule has 4 heteroatoms. The number of aryl methyl sites for hydroxylation is 1. The monoisotopic (exact) mass is 267 g/mol. The van der Waals surface area contributed by atoms with Gasteiger partial charge < -0.3 is 20.3 Å². The maximum Gasteiger partial charge on any atom is 0.124 e. The second kappa shape index (κ2) is 8.15. The van der Waals surface area contributed by atoms with Gasteiger partial charge >= 0.3 is 0 Å². The molecule has 0 fully saturated rings. The number of hydrogen-bond acceptors (Lipinski definition) is 4. The van der Waals surface area contributed by atoms with Gasteiger partial charge in [-0.1, -0.05) is 18.6 Å². The molecule has 108 valence electrons. The van der Waals surface area contributed by atoms with E-state index in [9.17, 15) is 5.11 Å². The van der Waals surface area contributed by atoms with Crippen LogP contribution in [0.5, 0.6) is 5.75 Å². The summed E-state index contributed by atoms with van der Waals surface area (Å²) in [6.45, 7) is 4.67. The molecule has 4 nitrogen and oxygen atoms in total. The zero-order valence-corrected chi connectivity index (χ0v) is 12.0. The molecule has 2 atom stereocenters. The van der Waals surface area contributed by atoms with Gasteiger partial charge in [0.05, 0.1) is 13.2 Å². The van der Waals surface area contributed by atoms with Gasteiger partial charge in [0.15, 0.2) is 0 Å². The number of hydrogen-bond donors (Lipinski definition) is 3. The van der Waals surface area contributed by atoms with Crippen LogP contribution in [0.1, 0.15) is 37.0 Å². The normalized spacial score (nSPS) is 14.2. The summed E-state index contributed by atoms with van der Waals surface area (Å²) in [6, 6.07) is 6.01. The first-order chi connectivity index (χ1) is 9.12. The van der Waals surface area contributed by atoms with Gasteiger partial charge in [-0.15, -0.1) is 0 Å². The second-order valence-electron chi connectivity index (χ2n) is 4.79. The number of benzene rings is 1. The first-order valence-electron chi connectivity index (χ1n) is 6.79. The molecule has 0 aromatic heterocycles. The number of methoxy groups -OCH3 is 1. The third kappa shape index (κ3) is 4.82. The molecule has 0 aliphatic heterocycles. The van der Waals surface area contributed by atoms with Crippen molar-refractivity contribution in [3.05, 3.63) is 29.3 Å². The molecule has 3 N–H and O–H groups in total. The SMILES string of the molecule is CCC(CCO)NCC(O)c1cc(C)ccc1OC. The maximum atomic E-state index is 10.3. The van der Waals surface area contributed by atoms with Crippen molar-refractivity contribution in [3.63, 3.8) is 0 Å². The number of rotatable bonds is 8. The zero-order valence-electron chi connectivity index (χ0n) is 12.0. The summed E-state index contributed by atoms with van der Waals surface area (Å²) >= 11 is 0. The molecule has 0 heterocycles. The van der Waals surface area contributed by atoms with E-state index in [2.05, 4.69) is 12.2 Å². The largest absolute Gasteiger partial charge is 0.496 e. The Morgan fingerprint density at radius 1 is 1.37 bits per heavy atom. The number of ether oxygens (including phenoxy) is 1. The Labute approximate surface area is 115 Å². The van der Waals surface area contributed by atoms with Crippen LogP contribution in [0.2, 0.25) is 0 Å². The highest BCUT2D eigenvalue weighted by atomic mass is 16.5. The fraction of sp³-hybridized carbons (Fsp3) is 0.600. The molecular formula is C15H25NO3. The van der Waals surface area contributed by atoms with Crippen LogP contribution in [-0.4, -0.2) is 36.5 Å². The lowest BCUT2D eigenvalue weighted by molar-refractivity contribution is 0.161. The van der Waals surface area contributed by atoms with Crippen molar-refractivity contribution in [2.24, 2.45) is 0 Å². The highest BCUT2D eigenvalue weighted by Crippen LogP contribution is 2.26. The van der Waals surface area contributed by atoms with Gasteiger partial charge in [-0.3, -0.25) is 0 Å². The molecule has 0 saturated heterocycles. The van der Waals surface area contributed by atoms with Gasteiger partial charge in [0.1, 0.15) is 5.75 Å². The van der Waals surface area contributed by atoms with E-state index >= 15 is 0 Å². The topological polar surface area (TPSA) is 61.7 Å². The van der Waals surface area contributed by atoms with E-state index in [0.29, 0.717) is 18.7 Å². The number of nitrogens with one attached hydrogen (secondary N) is 1. The minimum atomic E-state index is -0.609. The quantitative estimate of drug-likeness (QED) is 0.672. The van der Waals surface area contributed by atoms with Crippen LogP contribution in [0.3, 0.4) is 0 Å². The van der Waals surface area contributed by atoms with Crippen molar-refractivity contribution in [1.82, 2.24) is 5.32 Å². The zero-order chi connectivity index (χ0) is 14.3. The van der Waals surface area contributed by atoms with E-state index in [1.165, 1.54) is 0 Å². The summed E-state index contributed by atoms with van der Waals surface area (Å²) in [7, 11) is 1.61. The summed E-state index contributed by atoms with van der Waals surface area (Å²) in [5.41, 5.74) is 1.89. The minimum absolute atomic E-state index is 0.162. The van der Waals surface area contributed by atoms with E-state index in [-0.39, 0.29) is 12.6 Å². The van der Waals surface area contributed by atoms with Crippen LogP contribution >= 0.6 is 0 Å². The highest BCUT2D eigenvalue weighted by Gasteiger charge is 2.15. The van der Waals surface area contributed by atoms with Gasteiger partial charge in [0, 0.05) is 24.8 Å². The molecule has 1 aromatic rings. The fourth-order valence-electron chi connectivity index (χ4n) is 2.11. The lowest BCUT2D eigenvalue weighted by Gasteiger charge is -2.20. The molecule has 2 unspecified atom stereocenters. The Balaban J connectivity index is 2.66. The lowest BCUT2D eigenvalue weighted by atomic mass is 10.0. The summed E-state index contributed by atoms with van der Waals surface area (Å²) in [5.74, 6) is 0.704. The van der Waals surface area contributed by atoms with Gasteiger partial charge in [0.25, 0.3) is 0 Å². The third-order valence-corrected chi connectivity index (χ3v) is 3.31. The van der Waals surface area contributed by atoms with Crippen molar-refractivity contribution in [3.8, 4) is 5.75 Å². The summed E-state index contributed by atoms with van der Waals surface area (Å²) in [4.78, 5) is 0. The smallest absolute Gasteiger partial charge is 0.124 e. The third-order valence-electron chi connectivity index (χ3n) is 3.31. The minimum Gasteiger partial charge on any atom is -0.496 e. The van der Waals surface area contributed by atoms with Crippen LogP contribution in [0.25, 0.3) is 0 Å². The molecule has 0 spiro atoms. The van der Waals surface area contributed by atoms with E-state index in [4.69, 9.17) is 9.84 Å². The predicted molar refractivity (Wildman–Crippen MR) is 76.5 cm³/mol. The van der Waals surface area contributed by atoms with Crippen molar-refractivity contribution in [1.29, 1.82) is 0 Å². The number of aliphatic hydroxyl groups is 2. The van der Waals surface area contributed by atoms with Crippen molar-refractivity contribution < 1.29 is 14.9 Å². The average Bonchev–Trinajstić information content (AvgIpc) is 2.43. The molecule has 0 saturated carbocycles. The summed E-state index contributed by atoms with van der Waals surface area (Å²) < 4.78 is 5.27. The van der Waals surface area contributed by atoms with Crippen LogP contribution in [0.4, 0.5) is 0 Å². The van der Waals surface area contributed by atoms with Gasteiger partial charge in [-0.25, -0.2) is 0 Å². The van der Waals surface area contributed by atoms with Gasteiger partial charge in [-0.05, 0) is 31.9 Å². The van der Waals surface area contributed by atoms with E-state index in [1.54, 1.807) is 7.11 Å². The second-order valence-corrected chi connectivity index (χ2v) is 4.79.